The van der Waals surface area contributed by atoms with Gasteiger partial charge in [0, 0.05) is 17.9 Å². The first kappa shape index (κ1) is 22.1. The van der Waals surface area contributed by atoms with E-state index in [1.54, 1.807) is 0 Å². The van der Waals surface area contributed by atoms with E-state index in [1.807, 2.05) is 0 Å². The molecule has 0 amide bonds. The van der Waals surface area contributed by atoms with Gasteiger partial charge in [-0.1, -0.05) is 33.1 Å². The monoisotopic (exact) mass is 590 g/mol. The molecule has 0 fully saturated rings. The van der Waals surface area contributed by atoms with Crippen molar-refractivity contribution in [1.82, 2.24) is 0 Å². The average Bonchev–Trinajstić information content (AvgIpc) is 2.55. The fraction of sp³-hybridized carbons (Fsp3) is 0.500. The molecule has 1 N–H and O–H groups in total. The van der Waals surface area contributed by atoms with Gasteiger partial charge in [-0.25, -0.2) is 9.59 Å². The predicted octanol–water partition coefficient (Wildman–Crippen LogP) is 6.81. The van der Waals surface area contributed by atoms with Crippen LogP contribution in [0.15, 0.2) is 17.9 Å². The van der Waals surface area contributed by atoms with Crippen LogP contribution in [0.3, 0.4) is 0 Å². The molecule has 0 unspecified atom stereocenters. The fourth-order valence-corrected chi connectivity index (χ4v) is 4.64. The molecule has 0 saturated carbocycles. The number of benzene rings is 1. The summed E-state index contributed by atoms with van der Waals surface area (Å²) in [6, 6.07) is 0. The quantitative estimate of drug-likeness (QED) is 0.204. The molecule has 0 spiro atoms. The lowest BCUT2D eigenvalue weighted by Crippen LogP contribution is -2.18. The van der Waals surface area contributed by atoms with Crippen LogP contribution in [0.5, 0.6) is 0 Å². The number of rotatable bonds is 8. The molecule has 0 aromatic heterocycles. The van der Waals surface area contributed by atoms with Crippen molar-refractivity contribution in [3.63, 3.8) is 0 Å². The third kappa shape index (κ3) is 5.29. The number of carboxylic acid groups (broad SMARTS) is 1. The lowest BCUT2D eigenvalue weighted by molar-refractivity contribution is 0.0419. The Kier molecular flexibility index (Phi) is 9.48. The van der Waals surface area contributed by atoms with Gasteiger partial charge < -0.3 is 9.84 Å². The number of unbranched alkanes of at least 4 members (excludes halogenated alkanes) is 1. The van der Waals surface area contributed by atoms with E-state index in [-0.39, 0.29) is 28.1 Å². The van der Waals surface area contributed by atoms with E-state index in [4.69, 9.17) is 4.74 Å². The van der Waals surface area contributed by atoms with Gasteiger partial charge in [0.05, 0.1) is 17.7 Å². The first-order valence-corrected chi connectivity index (χ1v) is 10.7. The van der Waals surface area contributed by atoms with E-state index in [9.17, 15) is 14.7 Å². The minimum absolute atomic E-state index is 0.00482. The number of carbonyl (C=O) groups excluding carboxylic acids is 1. The molecule has 1 aromatic carbocycles. The second-order valence-corrected chi connectivity index (χ2v) is 8.50. The molecule has 1 aromatic rings. The van der Waals surface area contributed by atoms with Crippen LogP contribution in [0, 0.1) is 5.92 Å². The Balaban J connectivity index is 3.12. The van der Waals surface area contributed by atoms with E-state index in [0.717, 1.165) is 25.7 Å². The van der Waals surface area contributed by atoms with Gasteiger partial charge >= 0.3 is 11.9 Å². The molecule has 1 rings (SSSR count). The second kappa shape index (κ2) is 10.3. The normalized spacial score (nSPS) is 12.1. The molecule has 0 aliphatic carbocycles. The Labute approximate surface area is 175 Å². The van der Waals surface area contributed by atoms with E-state index in [1.165, 1.54) is 0 Å². The summed E-state index contributed by atoms with van der Waals surface area (Å²) in [5, 5.41) is 9.48. The van der Waals surface area contributed by atoms with Crippen molar-refractivity contribution in [2.45, 2.75) is 39.5 Å². The van der Waals surface area contributed by atoms with Gasteiger partial charge in [0.2, 0.25) is 0 Å². The Morgan fingerprint density at radius 1 is 1.00 bits per heavy atom. The highest BCUT2D eigenvalue weighted by atomic mass is 79.9. The van der Waals surface area contributed by atoms with Crippen molar-refractivity contribution in [2.75, 3.05) is 6.61 Å². The summed E-state index contributed by atoms with van der Waals surface area (Å²) in [7, 11) is 0. The second-order valence-electron chi connectivity index (χ2n) is 5.33. The van der Waals surface area contributed by atoms with Crippen molar-refractivity contribution in [3.05, 3.63) is 29.0 Å². The lowest BCUT2D eigenvalue weighted by Gasteiger charge is -2.17. The van der Waals surface area contributed by atoms with Crippen LogP contribution in [0.4, 0.5) is 0 Å². The Morgan fingerprint density at radius 2 is 1.54 bits per heavy atom. The highest BCUT2D eigenvalue weighted by Gasteiger charge is 2.29. The van der Waals surface area contributed by atoms with Gasteiger partial charge in [0.25, 0.3) is 0 Å². The highest BCUT2D eigenvalue weighted by Crippen LogP contribution is 2.42. The third-order valence-electron chi connectivity index (χ3n) is 3.68. The molecule has 4 nitrogen and oxygen atoms in total. The van der Waals surface area contributed by atoms with E-state index >= 15 is 0 Å². The summed E-state index contributed by atoms with van der Waals surface area (Å²) in [5.41, 5.74) is -0.140. The first-order valence-electron chi connectivity index (χ1n) is 7.52. The number of carbonyl (C=O) groups is 2. The summed E-state index contributed by atoms with van der Waals surface area (Å²) < 4.78 is 7.10. The first-order chi connectivity index (χ1) is 11.3. The summed E-state index contributed by atoms with van der Waals surface area (Å²) in [6.45, 7) is 4.46. The number of hydrogen-bond acceptors (Lipinski definition) is 3. The van der Waals surface area contributed by atoms with Crippen LogP contribution in [0.2, 0.25) is 0 Å². The minimum atomic E-state index is -1.21. The molecule has 0 saturated heterocycles. The van der Waals surface area contributed by atoms with Gasteiger partial charge in [-0.3, -0.25) is 0 Å². The smallest absolute Gasteiger partial charge is 0.340 e. The molecule has 0 bridgehead atoms. The predicted molar refractivity (Wildman–Crippen MR) is 108 cm³/mol. The van der Waals surface area contributed by atoms with Crippen LogP contribution < -0.4 is 0 Å². The molecule has 0 radical (unpaired) electrons. The van der Waals surface area contributed by atoms with Gasteiger partial charge in [-0.05, 0) is 76.1 Å². The Bertz CT molecular complexity index is 631. The summed E-state index contributed by atoms with van der Waals surface area (Å²) >= 11 is 13.1. The Morgan fingerprint density at radius 3 is 2.00 bits per heavy atom. The molecule has 0 heterocycles. The fourth-order valence-electron chi connectivity index (χ4n) is 2.19. The van der Waals surface area contributed by atoms with Crippen molar-refractivity contribution < 1.29 is 19.4 Å². The van der Waals surface area contributed by atoms with E-state index < -0.39 is 11.9 Å². The van der Waals surface area contributed by atoms with Crippen LogP contribution in [0.25, 0.3) is 0 Å². The number of aromatic carboxylic acids is 1. The lowest BCUT2D eigenvalue weighted by atomic mass is 10.0. The van der Waals surface area contributed by atoms with Crippen LogP contribution in [-0.2, 0) is 4.74 Å². The topological polar surface area (TPSA) is 63.6 Å². The zero-order valence-corrected chi connectivity index (χ0v) is 19.6. The number of ether oxygens (including phenoxy) is 1. The highest BCUT2D eigenvalue weighted by molar-refractivity contribution is 9.15. The summed E-state index contributed by atoms with van der Waals surface area (Å²) in [6.07, 6.45) is 4.07. The van der Waals surface area contributed by atoms with Crippen molar-refractivity contribution >= 4 is 75.7 Å². The maximum Gasteiger partial charge on any atom is 0.340 e. The molecule has 8 heteroatoms. The van der Waals surface area contributed by atoms with Gasteiger partial charge in [-0.15, -0.1) is 0 Å². The van der Waals surface area contributed by atoms with Gasteiger partial charge in [0.1, 0.15) is 0 Å². The minimum Gasteiger partial charge on any atom is -0.478 e. The van der Waals surface area contributed by atoms with E-state index in [0.29, 0.717) is 13.4 Å². The maximum absolute atomic E-state index is 12.5. The van der Waals surface area contributed by atoms with Crippen molar-refractivity contribution in [3.8, 4) is 0 Å². The number of esters is 1. The molecule has 24 heavy (non-hydrogen) atoms. The van der Waals surface area contributed by atoms with Gasteiger partial charge in [0.15, 0.2) is 0 Å². The Hall–Kier alpha value is 0.0800. The third-order valence-corrected chi connectivity index (χ3v) is 8.45. The molecule has 1 atom stereocenters. The van der Waals surface area contributed by atoms with Crippen molar-refractivity contribution in [1.29, 1.82) is 0 Å². The zero-order chi connectivity index (χ0) is 18.4. The largest absolute Gasteiger partial charge is 0.478 e. The number of hydrogen-bond donors (Lipinski definition) is 1. The molecule has 134 valence electrons. The average molecular weight is 594 g/mol. The summed E-state index contributed by atoms with van der Waals surface area (Å²) in [4.78, 5) is 24.1. The van der Waals surface area contributed by atoms with Crippen LogP contribution >= 0.6 is 63.7 Å². The van der Waals surface area contributed by atoms with Crippen LogP contribution in [0.1, 0.15) is 60.2 Å². The maximum atomic E-state index is 12.5. The van der Waals surface area contributed by atoms with Crippen LogP contribution in [-0.4, -0.2) is 23.7 Å². The van der Waals surface area contributed by atoms with E-state index in [2.05, 4.69) is 77.6 Å². The molecule has 0 aliphatic heterocycles. The standard InChI is InChI=1S/C16H18Br4O4/c1-3-5-6-8(4-2)7-24-16(23)10-9(15(21)22)11(17)13(19)14(20)12(10)18/h8H,3-7H2,1-2H3,(H,21,22)/t8-/m1/s1. The molecule has 0 aliphatic rings. The number of carboxylic acids is 1. The molecular formula is C16H18Br4O4. The number of halogens is 4. The summed E-state index contributed by atoms with van der Waals surface area (Å²) in [5.74, 6) is -1.58. The van der Waals surface area contributed by atoms with Gasteiger partial charge in [-0.2, -0.15) is 0 Å². The zero-order valence-electron chi connectivity index (χ0n) is 13.3. The SMILES string of the molecule is CCCC[C@@H](CC)COC(=O)c1c(Br)c(Br)c(Br)c(Br)c1C(=O)O. The molecular weight excluding hydrogens is 576 g/mol. The van der Waals surface area contributed by atoms with Crippen molar-refractivity contribution in [2.24, 2.45) is 5.92 Å².